The van der Waals surface area contributed by atoms with Crippen molar-refractivity contribution in [1.82, 2.24) is 15.6 Å². The van der Waals surface area contributed by atoms with Crippen molar-refractivity contribution in [3.05, 3.63) is 82.0 Å². The lowest BCUT2D eigenvalue weighted by Crippen LogP contribution is -2.30. The molecule has 1 heterocycles. The second-order valence-electron chi connectivity index (χ2n) is 7.96. The lowest BCUT2D eigenvalue weighted by molar-refractivity contribution is -0.137. The fraction of sp³-hybridized carbons (Fsp3) is 0.200. The van der Waals surface area contributed by atoms with Crippen LogP contribution in [0.3, 0.4) is 0 Å². The van der Waals surface area contributed by atoms with E-state index in [0.29, 0.717) is 16.8 Å². The number of nitrogens with one attached hydrogen (secondary N) is 3. The molecular weight excluding hydrogens is 457 g/mol. The summed E-state index contributed by atoms with van der Waals surface area (Å²) in [6.07, 6.45) is -3.25. The smallest absolute Gasteiger partial charge is 0.399 e. The number of halogens is 3. The number of carbonyl (C=O) groups is 1. The number of alkyl halides is 3. The minimum absolute atomic E-state index is 0.0555. The Bertz CT molecular complexity index is 1340. The van der Waals surface area contributed by atoms with Gasteiger partial charge < -0.3 is 16.4 Å². The predicted octanol–water partition coefficient (Wildman–Crippen LogP) is 4.57. The van der Waals surface area contributed by atoms with Crippen LogP contribution >= 0.6 is 0 Å². The van der Waals surface area contributed by atoms with Crippen LogP contribution in [0.25, 0.3) is 11.3 Å². The maximum Gasteiger partial charge on any atom is 0.416 e. The molecule has 2 aromatic carbocycles. The molecule has 0 spiro atoms. The average Bonchev–Trinajstić information content (AvgIpc) is 2.82. The number of amidine groups is 1. The maximum absolute atomic E-state index is 13.2. The normalized spacial score (nSPS) is 11.9. The first-order chi connectivity index (χ1) is 16.4. The van der Waals surface area contributed by atoms with E-state index in [-0.39, 0.29) is 28.2 Å². The summed E-state index contributed by atoms with van der Waals surface area (Å²) in [6.45, 7) is 3.43. The van der Waals surface area contributed by atoms with Crippen LogP contribution < -0.4 is 16.4 Å². The van der Waals surface area contributed by atoms with Gasteiger partial charge in [-0.3, -0.25) is 15.2 Å². The van der Waals surface area contributed by atoms with Gasteiger partial charge in [0.2, 0.25) is 0 Å². The summed E-state index contributed by atoms with van der Waals surface area (Å²) in [5.41, 5.74) is 7.61. The highest BCUT2D eigenvalue weighted by atomic mass is 19.4. The van der Waals surface area contributed by atoms with E-state index < -0.39 is 23.7 Å². The first kappa shape index (κ1) is 25.2. The van der Waals surface area contributed by atoms with E-state index >= 15 is 0 Å². The van der Waals surface area contributed by atoms with Crippen LogP contribution in [0.5, 0.6) is 0 Å². The summed E-state index contributed by atoms with van der Waals surface area (Å²) in [6, 6.07) is 11.2. The van der Waals surface area contributed by atoms with Gasteiger partial charge in [0.1, 0.15) is 5.84 Å². The number of nitrogens with zero attached hydrogens (tertiary/aromatic N) is 2. The Kier molecular flexibility index (Phi) is 7.10. The van der Waals surface area contributed by atoms with Crippen LogP contribution in [0, 0.1) is 23.7 Å². The number of nitriles is 1. The summed E-state index contributed by atoms with van der Waals surface area (Å²) < 4.78 is 39.7. The zero-order chi connectivity index (χ0) is 25.9. The Balaban J connectivity index is 2.02. The molecule has 1 aromatic heterocycles. The van der Waals surface area contributed by atoms with E-state index in [9.17, 15) is 23.2 Å². The topological polar surface area (TPSA) is 128 Å². The fourth-order valence-corrected chi connectivity index (χ4v) is 3.56. The van der Waals surface area contributed by atoms with Crippen molar-refractivity contribution >= 4 is 17.4 Å². The zero-order valence-electron chi connectivity index (χ0n) is 19.2. The quantitative estimate of drug-likeness (QED) is 0.242. The van der Waals surface area contributed by atoms with Crippen molar-refractivity contribution in [3.8, 4) is 17.3 Å². The third-order valence-corrected chi connectivity index (χ3v) is 5.45. The summed E-state index contributed by atoms with van der Waals surface area (Å²) in [5.74, 6) is -0.672. The molecule has 180 valence electrons. The number of aryl methyl sites for hydroxylation is 1. The van der Waals surface area contributed by atoms with Crippen LogP contribution in [0.2, 0.25) is 0 Å². The largest absolute Gasteiger partial charge is 0.416 e. The number of nitrogens with two attached hydrogens (primary N) is 1. The molecule has 0 bridgehead atoms. The van der Waals surface area contributed by atoms with Gasteiger partial charge in [0.05, 0.1) is 34.5 Å². The Morgan fingerprint density at radius 1 is 1.17 bits per heavy atom. The lowest BCUT2D eigenvalue weighted by Gasteiger charge is -2.20. The van der Waals surface area contributed by atoms with E-state index in [4.69, 9.17) is 11.1 Å². The molecule has 0 aliphatic carbocycles. The van der Waals surface area contributed by atoms with E-state index in [1.54, 1.807) is 25.1 Å². The van der Waals surface area contributed by atoms with Gasteiger partial charge in [0.15, 0.2) is 0 Å². The van der Waals surface area contributed by atoms with Crippen molar-refractivity contribution in [1.29, 1.82) is 10.7 Å². The summed E-state index contributed by atoms with van der Waals surface area (Å²) in [7, 11) is 1.44. The molecule has 3 aromatic rings. The van der Waals surface area contributed by atoms with Crippen LogP contribution in [0.1, 0.15) is 51.1 Å². The highest BCUT2D eigenvalue weighted by molar-refractivity contribution is 6.08. The number of nitrogen functional groups attached to an aromatic ring is 1. The van der Waals surface area contributed by atoms with Crippen molar-refractivity contribution in [2.45, 2.75) is 26.1 Å². The van der Waals surface area contributed by atoms with Crippen LogP contribution in [0.15, 0.2) is 48.7 Å². The number of hydrogen-bond acceptors (Lipinski definition) is 5. The minimum atomic E-state index is -4.57. The number of anilines is 1. The number of aromatic nitrogens is 1. The molecule has 7 nitrogen and oxygen atoms in total. The number of carbonyl (C=O) groups excluding carboxylic acids is 1. The number of hydrogen-bond donors (Lipinski definition) is 4. The third-order valence-electron chi connectivity index (χ3n) is 5.45. The number of rotatable bonds is 5. The van der Waals surface area contributed by atoms with Gasteiger partial charge in [0.25, 0.3) is 5.91 Å². The van der Waals surface area contributed by atoms with Crippen LogP contribution in [0.4, 0.5) is 18.9 Å². The third kappa shape index (κ3) is 5.58. The van der Waals surface area contributed by atoms with Crippen LogP contribution in [-0.2, 0) is 6.18 Å². The molecule has 5 N–H and O–H groups in total. The molecule has 3 rings (SSSR count). The summed E-state index contributed by atoms with van der Waals surface area (Å²) in [5, 5.41) is 23.2. The van der Waals surface area contributed by atoms with Crippen molar-refractivity contribution < 1.29 is 18.0 Å². The minimum Gasteiger partial charge on any atom is -0.399 e. The summed E-state index contributed by atoms with van der Waals surface area (Å²) in [4.78, 5) is 16.8. The van der Waals surface area contributed by atoms with E-state index in [1.807, 2.05) is 6.92 Å². The van der Waals surface area contributed by atoms with Gasteiger partial charge in [-0.25, -0.2) is 0 Å². The standard InChI is InChI=1S/C25H23F3N6O/c1-13-4-5-15(11-29)6-19(13)22-10-20(21(12-33-22)24(35)32-3)23(31)34-14(2)16-7-17(25(26,27)28)9-18(30)8-16/h4-10,12,14H,30H2,1-3H3,(H2,31,34)(H,32,35)/t14-/m1/s1. The molecule has 0 saturated carbocycles. The highest BCUT2D eigenvalue weighted by Crippen LogP contribution is 2.33. The van der Waals surface area contributed by atoms with Gasteiger partial charge in [-0.05, 0) is 61.4 Å². The highest BCUT2D eigenvalue weighted by Gasteiger charge is 2.31. The van der Waals surface area contributed by atoms with Gasteiger partial charge in [-0.1, -0.05) is 6.07 Å². The van der Waals surface area contributed by atoms with Crippen molar-refractivity contribution in [2.75, 3.05) is 12.8 Å². The maximum atomic E-state index is 13.2. The van der Waals surface area contributed by atoms with Crippen LogP contribution in [-0.4, -0.2) is 23.8 Å². The number of pyridine rings is 1. The van der Waals surface area contributed by atoms with Gasteiger partial charge in [-0.2, -0.15) is 18.4 Å². The first-order valence-electron chi connectivity index (χ1n) is 10.5. The lowest BCUT2D eigenvalue weighted by atomic mass is 9.98. The zero-order valence-corrected chi connectivity index (χ0v) is 19.2. The second kappa shape index (κ2) is 9.85. The molecule has 0 aliphatic heterocycles. The Labute approximate surface area is 200 Å². The average molecular weight is 480 g/mol. The Morgan fingerprint density at radius 3 is 2.51 bits per heavy atom. The second-order valence-corrected chi connectivity index (χ2v) is 7.96. The molecule has 0 aliphatic rings. The summed E-state index contributed by atoms with van der Waals surface area (Å²) >= 11 is 0. The predicted molar refractivity (Wildman–Crippen MR) is 127 cm³/mol. The molecule has 35 heavy (non-hydrogen) atoms. The number of amides is 1. The van der Waals surface area contributed by atoms with E-state index in [1.165, 1.54) is 25.4 Å². The molecule has 1 atom stereocenters. The van der Waals surface area contributed by atoms with Crippen molar-refractivity contribution in [2.24, 2.45) is 0 Å². The molecular formula is C25H23F3N6O. The molecule has 1 amide bonds. The molecule has 0 unspecified atom stereocenters. The Morgan fingerprint density at radius 2 is 1.89 bits per heavy atom. The van der Waals surface area contributed by atoms with Gasteiger partial charge in [0, 0.05) is 30.1 Å². The van der Waals surface area contributed by atoms with Gasteiger partial charge >= 0.3 is 6.18 Å². The monoisotopic (exact) mass is 480 g/mol. The van der Waals surface area contributed by atoms with E-state index in [2.05, 4.69) is 21.7 Å². The number of benzene rings is 2. The molecule has 0 fully saturated rings. The first-order valence-corrected chi connectivity index (χ1v) is 10.5. The Hall–Kier alpha value is -4.39. The molecule has 10 heteroatoms. The molecule has 0 radical (unpaired) electrons. The van der Waals surface area contributed by atoms with Gasteiger partial charge in [-0.15, -0.1) is 0 Å². The molecule has 0 saturated heterocycles. The SMILES string of the molecule is CNC(=O)c1cnc(-c2cc(C#N)ccc2C)cc1C(=N)N[C@H](C)c1cc(N)cc(C(F)(F)F)c1. The van der Waals surface area contributed by atoms with Crippen molar-refractivity contribution in [3.63, 3.8) is 0 Å². The fourth-order valence-electron chi connectivity index (χ4n) is 3.56. The van der Waals surface area contributed by atoms with E-state index in [0.717, 1.165) is 17.7 Å².